The van der Waals surface area contributed by atoms with Crippen LogP contribution < -0.4 is 4.90 Å². The lowest BCUT2D eigenvalue weighted by Crippen LogP contribution is -2.49. The van der Waals surface area contributed by atoms with Crippen molar-refractivity contribution in [3.63, 3.8) is 0 Å². The highest BCUT2D eigenvalue weighted by molar-refractivity contribution is 5.90. The third-order valence-corrected chi connectivity index (χ3v) is 6.34. The number of carboxylic acids is 2. The number of benzene rings is 2. The molecule has 2 aromatic carbocycles. The highest BCUT2D eigenvalue weighted by Crippen LogP contribution is 2.33. The number of carbonyl (C=O) groups is 2. The van der Waals surface area contributed by atoms with Gasteiger partial charge in [0.1, 0.15) is 11.9 Å². The predicted octanol–water partition coefficient (Wildman–Crippen LogP) is 3.82. The van der Waals surface area contributed by atoms with Crippen molar-refractivity contribution in [2.45, 2.75) is 32.9 Å². The van der Waals surface area contributed by atoms with E-state index in [0.29, 0.717) is 42.6 Å². The van der Waals surface area contributed by atoms with Gasteiger partial charge in [-0.1, -0.05) is 17.7 Å². The van der Waals surface area contributed by atoms with Gasteiger partial charge in [0.05, 0.1) is 11.9 Å². The van der Waals surface area contributed by atoms with Crippen LogP contribution in [-0.2, 0) is 16.1 Å². The van der Waals surface area contributed by atoms with E-state index in [1.54, 1.807) is 16.8 Å². The highest BCUT2D eigenvalue weighted by atomic mass is 19.1. The molecule has 2 N–H and O–H groups in total. The lowest BCUT2D eigenvalue weighted by Gasteiger charge is -2.39. The molecule has 33 heavy (non-hydrogen) atoms. The molecule has 8 heteroatoms. The molecular weight excluding hydrogens is 425 g/mol. The summed E-state index contributed by atoms with van der Waals surface area (Å²) in [7, 11) is 0. The smallest absolute Gasteiger partial charge is 0.325 e. The van der Waals surface area contributed by atoms with Gasteiger partial charge in [-0.15, -0.1) is 0 Å². The summed E-state index contributed by atoms with van der Waals surface area (Å²) < 4.78 is 15.6. The summed E-state index contributed by atoms with van der Waals surface area (Å²) in [6.45, 7) is 6.80. The molecule has 3 aromatic rings. The minimum absolute atomic E-state index is 0.133. The third kappa shape index (κ3) is 4.71. The summed E-state index contributed by atoms with van der Waals surface area (Å²) in [5.74, 6) is -2.39. The third-order valence-electron chi connectivity index (χ3n) is 6.34. The number of halogens is 1. The lowest BCUT2D eigenvalue weighted by molar-refractivity contribution is -0.143. The van der Waals surface area contributed by atoms with E-state index in [2.05, 4.69) is 36.9 Å². The van der Waals surface area contributed by atoms with Gasteiger partial charge in [0.2, 0.25) is 0 Å². The monoisotopic (exact) mass is 453 g/mol. The maximum atomic E-state index is 13.9. The molecule has 0 bridgehead atoms. The van der Waals surface area contributed by atoms with Crippen LogP contribution in [0.3, 0.4) is 0 Å². The zero-order valence-corrected chi connectivity index (χ0v) is 18.8. The van der Waals surface area contributed by atoms with Crippen molar-refractivity contribution < 1.29 is 24.2 Å². The molecule has 0 saturated carbocycles. The van der Waals surface area contributed by atoms with Crippen molar-refractivity contribution in [1.82, 2.24) is 9.47 Å². The van der Waals surface area contributed by atoms with Crippen molar-refractivity contribution in [1.29, 1.82) is 0 Å². The molecule has 1 saturated heterocycles. The van der Waals surface area contributed by atoms with Crippen molar-refractivity contribution >= 4 is 28.5 Å². The Morgan fingerprint density at radius 1 is 1.03 bits per heavy atom. The molecule has 174 valence electrons. The van der Waals surface area contributed by atoms with Gasteiger partial charge in [0.25, 0.3) is 0 Å². The number of aromatic nitrogens is 1. The summed E-state index contributed by atoms with van der Waals surface area (Å²) >= 11 is 0. The minimum atomic E-state index is -0.975. The van der Waals surface area contributed by atoms with Crippen LogP contribution in [0.2, 0.25) is 0 Å². The molecule has 0 amide bonds. The molecular formula is C25H28FN3O4. The quantitative estimate of drug-likeness (QED) is 0.566. The SMILES string of the molecule is Cc1ccc(N2CCN([C@@H](C(=O)O)c3cn(CCC(=O)O)c4cc(F)ccc34)CC2)c(C)c1. The average molecular weight is 454 g/mol. The first-order valence-corrected chi connectivity index (χ1v) is 11.0. The standard InChI is InChI=1S/C25H28FN3O4/c1-16-3-6-21(17(2)13-16)27-9-11-28(12-10-27)24(25(32)33)20-15-29(8-7-23(30)31)22-14-18(26)4-5-19(20)22/h3-6,13-15,24H,7-12H2,1-2H3,(H,30,31)(H,32,33)/t24-/m1/s1. The van der Waals surface area contributed by atoms with Gasteiger partial charge >= 0.3 is 11.9 Å². The normalized spacial score (nSPS) is 15.7. The molecule has 0 aliphatic carbocycles. The number of aliphatic carboxylic acids is 2. The van der Waals surface area contributed by atoms with Crippen LogP contribution in [0.1, 0.15) is 29.2 Å². The van der Waals surface area contributed by atoms with E-state index in [0.717, 1.165) is 5.69 Å². The van der Waals surface area contributed by atoms with E-state index >= 15 is 0 Å². The summed E-state index contributed by atoms with van der Waals surface area (Å²) in [5.41, 5.74) is 4.63. The van der Waals surface area contributed by atoms with Crippen molar-refractivity contribution in [3.8, 4) is 0 Å². The second-order valence-corrected chi connectivity index (χ2v) is 8.64. The number of hydrogen-bond donors (Lipinski definition) is 2. The van der Waals surface area contributed by atoms with E-state index in [1.807, 2.05) is 4.90 Å². The number of rotatable bonds is 7. The van der Waals surface area contributed by atoms with E-state index in [-0.39, 0.29) is 13.0 Å². The molecule has 1 aliphatic heterocycles. The Bertz CT molecular complexity index is 1200. The first-order chi connectivity index (χ1) is 15.7. The van der Waals surface area contributed by atoms with Crippen molar-refractivity contribution in [3.05, 3.63) is 65.1 Å². The van der Waals surface area contributed by atoms with Crippen LogP contribution in [0.15, 0.2) is 42.6 Å². The molecule has 1 atom stereocenters. The highest BCUT2D eigenvalue weighted by Gasteiger charge is 2.33. The minimum Gasteiger partial charge on any atom is -0.481 e. The van der Waals surface area contributed by atoms with Crippen LogP contribution >= 0.6 is 0 Å². The number of nitrogens with zero attached hydrogens (tertiary/aromatic N) is 3. The van der Waals surface area contributed by atoms with Crippen LogP contribution in [0.4, 0.5) is 10.1 Å². The Labute approximate surface area is 191 Å². The molecule has 0 spiro atoms. The molecule has 2 heterocycles. The Morgan fingerprint density at radius 2 is 1.76 bits per heavy atom. The van der Waals surface area contributed by atoms with Gasteiger partial charge in [-0.05, 0) is 43.7 Å². The van der Waals surface area contributed by atoms with Gasteiger partial charge in [-0.25, -0.2) is 4.39 Å². The fourth-order valence-corrected chi connectivity index (χ4v) is 4.78. The Kier molecular flexibility index (Phi) is 6.37. The first-order valence-electron chi connectivity index (χ1n) is 11.0. The second-order valence-electron chi connectivity index (χ2n) is 8.64. The molecule has 4 rings (SSSR count). The second kappa shape index (κ2) is 9.23. The largest absolute Gasteiger partial charge is 0.481 e. The maximum absolute atomic E-state index is 13.9. The number of anilines is 1. The van der Waals surface area contributed by atoms with Gasteiger partial charge in [0.15, 0.2) is 0 Å². The number of fused-ring (bicyclic) bond motifs is 1. The summed E-state index contributed by atoms with van der Waals surface area (Å²) in [5, 5.41) is 19.8. The average Bonchev–Trinajstić information content (AvgIpc) is 3.10. The van der Waals surface area contributed by atoms with Gasteiger partial charge in [-0.2, -0.15) is 0 Å². The van der Waals surface area contributed by atoms with Gasteiger partial charge < -0.3 is 19.7 Å². The van der Waals surface area contributed by atoms with Crippen molar-refractivity contribution in [2.24, 2.45) is 0 Å². The Morgan fingerprint density at radius 3 is 2.39 bits per heavy atom. The van der Waals surface area contributed by atoms with E-state index in [1.165, 1.54) is 23.3 Å². The van der Waals surface area contributed by atoms with Crippen LogP contribution in [0.5, 0.6) is 0 Å². The molecule has 0 unspecified atom stereocenters. The lowest BCUT2D eigenvalue weighted by atomic mass is 10.0. The topological polar surface area (TPSA) is 86.0 Å². The fourth-order valence-electron chi connectivity index (χ4n) is 4.78. The zero-order chi connectivity index (χ0) is 23.7. The molecule has 1 aromatic heterocycles. The van der Waals surface area contributed by atoms with E-state index in [9.17, 15) is 19.1 Å². The van der Waals surface area contributed by atoms with Crippen LogP contribution in [0.25, 0.3) is 10.9 Å². The van der Waals surface area contributed by atoms with E-state index < -0.39 is 23.8 Å². The number of hydrogen-bond acceptors (Lipinski definition) is 4. The summed E-state index contributed by atoms with van der Waals surface area (Å²) in [4.78, 5) is 27.7. The van der Waals surface area contributed by atoms with Gasteiger partial charge in [-0.3, -0.25) is 14.5 Å². The molecule has 1 fully saturated rings. The van der Waals surface area contributed by atoms with Crippen LogP contribution in [-0.4, -0.2) is 57.8 Å². The summed E-state index contributed by atoms with van der Waals surface area (Å²) in [6, 6.07) is 9.67. The first kappa shape index (κ1) is 22.8. The Hall–Kier alpha value is -3.39. The molecule has 0 radical (unpaired) electrons. The number of aryl methyl sites for hydroxylation is 3. The van der Waals surface area contributed by atoms with E-state index in [4.69, 9.17) is 5.11 Å². The zero-order valence-electron chi connectivity index (χ0n) is 18.8. The number of carboxylic acid groups (broad SMARTS) is 2. The summed E-state index contributed by atoms with van der Waals surface area (Å²) in [6.07, 6.45) is 1.54. The Balaban J connectivity index is 1.62. The predicted molar refractivity (Wildman–Crippen MR) is 124 cm³/mol. The van der Waals surface area contributed by atoms with Gasteiger partial charge in [0, 0.05) is 55.6 Å². The fraction of sp³-hybridized carbons (Fsp3) is 0.360. The number of piperazine rings is 1. The van der Waals surface area contributed by atoms with Crippen LogP contribution in [0, 0.1) is 19.7 Å². The molecule has 1 aliphatic rings. The van der Waals surface area contributed by atoms with Crippen molar-refractivity contribution in [2.75, 3.05) is 31.1 Å². The molecule has 7 nitrogen and oxygen atoms in total. The maximum Gasteiger partial charge on any atom is 0.325 e.